The second kappa shape index (κ2) is 9.15. The SMILES string of the molecule is N#Cc1ccccc1NC(=O)CSC1=NC(=Cc2ccco2)C(=O)N1c1ccccc1. The molecular formula is C23H16N4O3S. The standard InChI is InChI=1S/C23H16N4O3S/c24-14-16-7-4-5-11-19(16)25-21(28)15-31-23-26-20(13-18-10-6-12-30-18)22(29)27(23)17-8-2-1-3-9-17/h1-13H,15H2,(H,25,28). The van der Waals surface area contributed by atoms with Gasteiger partial charge in [-0.15, -0.1) is 0 Å². The Balaban J connectivity index is 1.54. The van der Waals surface area contributed by atoms with Crippen molar-refractivity contribution in [3.05, 3.63) is 90.0 Å². The molecule has 3 aromatic rings. The van der Waals surface area contributed by atoms with Crippen LogP contribution in [0.2, 0.25) is 0 Å². The van der Waals surface area contributed by atoms with E-state index in [4.69, 9.17) is 4.42 Å². The molecule has 0 saturated carbocycles. The van der Waals surface area contributed by atoms with Crippen LogP contribution in [0, 0.1) is 11.3 Å². The molecule has 1 N–H and O–H groups in total. The number of nitrogens with one attached hydrogen (secondary N) is 1. The third kappa shape index (κ3) is 4.57. The van der Waals surface area contributed by atoms with E-state index in [-0.39, 0.29) is 23.3 Å². The number of amides is 2. The highest BCUT2D eigenvalue weighted by Crippen LogP contribution is 2.29. The van der Waals surface area contributed by atoms with Gasteiger partial charge in [0.25, 0.3) is 5.91 Å². The Labute approximate surface area is 182 Å². The number of amidine groups is 1. The molecule has 0 unspecified atom stereocenters. The van der Waals surface area contributed by atoms with Crippen LogP contribution in [0.25, 0.3) is 6.08 Å². The van der Waals surface area contributed by atoms with Gasteiger partial charge in [0.1, 0.15) is 17.5 Å². The molecule has 152 valence electrons. The number of nitrogens with zero attached hydrogens (tertiary/aromatic N) is 3. The van der Waals surface area contributed by atoms with E-state index in [1.807, 2.05) is 24.3 Å². The van der Waals surface area contributed by atoms with E-state index < -0.39 is 0 Å². The first-order chi connectivity index (χ1) is 15.2. The summed E-state index contributed by atoms with van der Waals surface area (Å²) in [5.41, 5.74) is 1.69. The summed E-state index contributed by atoms with van der Waals surface area (Å²) in [7, 11) is 0. The molecule has 2 heterocycles. The Morgan fingerprint density at radius 3 is 2.65 bits per heavy atom. The quantitative estimate of drug-likeness (QED) is 0.612. The number of benzene rings is 2. The minimum absolute atomic E-state index is 0.0171. The van der Waals surface area contributed by atoms with E-state index in [0.29, 0.717) is 27.9 Å². The highest BCUT2D eigenvalue weighted by atomic mass is 32.2. The van der Waals surface area contributed by atoms with E-state index in [0.717, 1.165) is 11.8 Å². The minimum Gasteiger partial charge on any atom is -0.465 e. The van der Waals surface area contributed by atoms with Gasteiger partial charge in [0.15, 0.2) is 5.17 Å². The maximum Gasteiger partial charge on any atom is 0.283 e. The monoisotopic (exact) mass is 428 g/mol. The first-order valence-corrected chi connectivity index (χ1v) is 10.3. The maximum absolute atomic E-state index is 13.0. The molecule has 2 amide bonds. The highest BCUT2D eigenvalue weighted by molar-refractivity contribution is 8.14. The molecule has 2 aromatic carbocycles. The zero-order valence-electron chi connectivity index (χ0n) is 16.2. The summed E-state index contributed by atoms with van der Waals surface area (Å²) in [4.78, 5) is 31.4. The van der Waals surface area contributed by atoms with Crippen LogP contribution in [0.3, 0.4) is 0 Å². The molecule has 1 aliphatic heterocycles. The first kappa shape index (κ1) is 20.2. The van der Waals surface area contributed by atoms with Gasteiger partial charge in [-0.25, -0.2) is 4.99 Å². The zero-order chi connectivity index (χ0) is 21.6. The fourth-order valence-electron chi connectivity index (χ4n) is 2.91. The molecule has 0 fully saturated rings. The van der Waals surface area contributed by atoms with Crippen molar-refractivity contribution >= 4 is 46.2 Å². The number of hydrogen-bond donors (Lipinski definition) is 1. The normalized spacial score (nSPS) is 14.4. The van der Waals surface area contributed by atoms with Gasteiger partial charge in [-0.2, -0.15) is 5.26 Å². The summed E-state index contributed by atoms with van der Waals surface area (Å²) in [5.74, 6) is -0.0830. The molecule has 1 aromatic heterocycles. The van der Waals surface area contributed by atoms with E-state index in [1.165, 1.54) is 11.2 Å². The van der Waals surface area contributed by atoms with Crippen LogP contribution in [0.15, 0.2) is 88.1 Å². The summed E-state index contributed by atoms with van der Waals surface area (Å²) in [5, 5.41) is 12.3. The number of furan rings is 1. The van der Waals surface area contributed by atoms with Gasteiger partial charge < -0.3 is 9.73 Å². The van der Waals surface area contributed by atoms with Crippen molar-refractivity contribution in [2.24, 2.45) is 4.99 Å². The average Bonchev–Trinajstić information content (AvgIpc) is 3.41. The van der Waals surface area contributed by atoms with Crippen LogP contribution in [0.4, 0.5) is 11.4 Å². The fraction of sp³-hybridized carbons (Fsp3) is 0.0435. The molecule has 7 nitrogen and oxygen atoms in total. The van der Waals surface area contributed by atoms with Crippen LogP contribution < -0.4 is 10.2 Å². The number of anilines is 2. The van der Waals surface area contributed by atoms with E-state index in [1.54, 1.807) is 54.6 Å². The zero-order valence-corrected chi connectivity index (χ0v) is 17.0. The van der Waals surface area contributed by atoms with E-state index in [2.05, 4.69) is 10.3 Å². The molecular weight excluding hydrogens is 412 g/mol. The number of carbonyl (C=O) groups excluding carboxylic acids is 2. The number of nitriles is 1. The van der Waals surface area contributed by atoms with Crippen LogP contribution >= 0.6 is 11.8 Å². The minimum atomic E-state index is -0.306. The summed E-state index contributed by atoms with van der Waals surface area (Å²) >= 11 is 1.14. The third-order valence-corrected chi connectivity index (χ3v) is 5.26. The summed E-state index contributed by atoms with van der Waals surface area (Å²) in [6.07, 6.45) is 3.08. The molecule has 0 radical (unpaired) electrons. The second-order valence-corrected chi connectivity index (χ2v) is 7.35. The Kier molecular flexibility index (Phi) is 5.96. The van der Waals surface area contributed by atoms with E-state index >= 15 is 0 Å². The van der Waals surface area contributed by atoms with Gasteiger partial charge in [-0.05, 0) is 36.4 Å². The number of hydrogen-bond acceptors (Lipinski definition) is 6. The molecule has 0 aliphatic carbocycles. The Hall–Kier alpha value is -4.09. The number of carbonyl (C=O) groups is 2. The number of rotatable bonds is 5. The summed E-state index contributed by atoms with van der Waals surface area (Å²) < 4.78 is 5.29. The van der Waals surface area contributed by atoms with Crippen LogP contribution in [-0.4, -0.2) is 22.7 Å². The Morgan fingerprint density at radius 1 is 1.13 bits per heavy atom. The van der Waals surface area contributed by atoms with Crippen molar-refractivity contribution in [2.75, 3.05) is 16.0 Å². The lowest BCUT2D eigenvalue weighted by molar-refractivity contribution is -0.114. The van der Waals surface area contributed by atoms with Gasteiger partial charge >= 0.3 is 0 Å². The van der Waals surface area contributed by atoms with Crippen LogP contribution in [-0.2, 0) is 9.59 Å². The predicted octanol–water partition coefficient (Wildman–Crippen LogP) is 4.27. The molecule has 0 bridgehead atoms. The molecule has 8 heteroatoms. The van der Waals surface area contributed by atoms with Crippen molar-refractivity contribution in [2.45, 2.75) is 0 Å². The fourth-order valence-corrected chi connectivity index (χ4v) is 3.72. The summed E-state index contributed by atoms with van der Waals surface area (Å²) in [6.45, 7) is 0. The largest absolute Gasteiger partial charge is 0.465 e. The maximum atomic E-state index is 13.0. The van der Waals surface area contributed by atoms with Crippen molar-refractivity contribution < 1.29 is 14.0 Å². The Morgan fingerprint density at radius 2 is 1.90 bits per heavy atom. The lowest BCUT2D eigenvalue weighted by atomic mass is 10.2. The molecule has 0 atom stereocenters. The van der Waals surface area contributed by atoms with Gasteiger partial charge in [-0.1, -0.05) is 42.1 Å². The van der Waals surface area contributed by atoms with Crippen molar-refractivity contribution in [3.8, 4) is 6.07 Å². The van der Waals surface area contributed by atoms with Crippen molar-refractivity contribution in [1.29, 1.82) is 5.26 Å². The second-order valence-electron chi connectivity index (χ2n) is 6.41. The Bertz CT molecular complexity index is 1210. The van der Waals surface area contributed by atoms with E-state index in [9.17, 15) is 14.9 Å². The highest BCUT2D eigenvalue weighted by Gasteiger charge is 2.32. The van der Waals surface area contributed by atoms with Gasteiger partial charge in [-0.3, -0.25) is 14.5 Å². The number of thioether (sulfide) groups is 1. The lowest BCUT2D eigenvalue weighted by Gasteiger charge is -2.17. The predicted molar refractivity (Wildman–Crippen MR) is 120 cm³/mol. The molecule has 0 saturated heterocycles. The van der Waals surface area contributed by atoms with Crippen molar-refractivity contribution in [1.82, 2.24) is 0 Å². The smallest absolute Gasteiger partial charge is 0.283 e. The number of para-hydroxylation sites is 2. The van der Waals surface area contributed by atoms with Gasteiger partial charge in [0, 0.05) is 6.08 Å². The van der Waals surface area contributed by atoms with Gasteiger partial charge in [0.05, 0.1) is 29.0 Å². The number of aliphatic imine (C=N–C) groups is 1. The average molecular weight is 428 g/mol. The molecule has 1 aliphatic rings. The summed E-state index contributed by atoms with van der Waals surface area (Å²) in [6, 6.07) is 21.4. The molecule has 4 rings (SSSR count). The molecule has 31 heavy (non-hydrogen) atoms. The molecule has 0 spiro atoms. The lowest BCUT2D eigenvalue weighted by Crippen LogP contribution is -2.31. The van der Waals surface area contributed by atoms with Crippen LogP contribution in [0.5, 0.6) is 0 Å². The third-order valence-electron chi connectivity index (χ3n) is 4.32. The van der Waals surface area contributed by atoms with Crippen molar-refractivity contribution in [3.63, 3.8) is 0 Å². The topological polar surface area (TPSA) is 98.7 Å². The van der Waals surface area contributed by atoms with Gasteiger partial charge in [0.2, 0.25) is 5.91 Å². The van der Waals surface area contributed by atoms with Crippen LogP contribution in [0.1, 0.15) is 11.3 Å². The first-order valence-electron chi connectivity index (χ1n) is 9.31.